The molecule has 0 bridgehead atoms. The molecule has 3 rings (SSSR count). The van der Waals surface area contributed by atoms with Crippen LogP contribution in [-0.2, 0) is 19.6 Å². The molecule has 2 aromatic carbocycles. The van der Waals surface area contributed by atoms with Crippen molar-refractivity contribution in [1.82, 2.24) is 4.31 Å². The quantitative estimate of drug-likeness (QED) is 0.768. The van der Waals surface area contributed by atoms with Crippen LogP contribution in [0.15, 0.2) is 58.4 Å². The lowest BCUT2D eigenvalue weighted by Crippen LogP contribution is -2.37. The van der Waals surface area contributed by atoms with E-state index in [2.05, 4.69) is 4.99 Å². The molecule has 2 unspecified atom stereocenters. The van der Waals surface area contributed by atoms with Crippen molar-refractivity contribution in [2.45, 2.75) is 23.9 Å². The fourth-order valence-corrected chi connectivity index (χ4v) is 4.21. The number of hydrogen-bond donors (Lipinski definition) is 0. The van der Waals surface area contributed by atoms with Crippen LogP contribution in [0, 0.1) is 12.7 Å². The lowest BCUT2D eigenvalue weighted by Gasteiger charge is -2.27. The van der Waals surface area contributed by atoms with E-state index in [1.165, 1.54) is 43.5 Å². The number of sulfonamides is 1. The summed E-state index contributed by atoms with van der Waals surface area (Å²) < 4.78 is 45.2. The molecule has 0 spiro atoms. The normalized spacial score (nSPS) is 19.6. The molecule has 0 saturated carbocycles. The van der Waals surface area contributed by atoms with Gasteiger partial charge in [-0.3, -0.25) is 4.99 Å². The van der Waals surface area contributed by atoms with E-state index in [-0.39, 0.29) is 4.90 Å². The van der Waals surface area contributed by atoms with Gasteiger partial charge in [0.1, 0.15) is 18.2 Å². The highest BCUT2D eigenvalue weighted by molar-refractivity contribution is 7.89. The highest BCUT2D eigenvalue weighted by atomic mass is 32.2. The maximum Gasteiger partial charge on any atom is 0.333 e. The number of ether oxygens (including phenoxy) is 1. The van der Waals surface area contributed by atoms with Crippen molar-refractivity contribution in [1.29, 1.82) is 0 Å². The van der Waals surface area contributed by atoms with Gasteiger partial charge >= 0.3 is 5.97 Å². The Kier molecular flexibility index (Phi) is 4.78. The summed E-state index contributed by atoms with van der Waals surface area (Å²) in [7, 11) is -2.75. The number of aryl methyl sites for hydroxylation is 1. The first-order chi connectivity index (χ1) is 12.3. The average Bonchev–Trinajstić information content (AvgIpc) is 3.08. The second kappa shape index (κ2) is 6.87. The minimum absolute atomic E-state index is 0.0761. The zero-order chi connectivity index (χ0) is 18.9. The summed E-state index contributed by atoms with van der Waals surface area (Å²) in [5, 5.41) is 0. The first-order valence-electron chi connectivity index (χ1n) is 7.81. The Morgan fingerprint density at radius 2 is 1.73 bits per heavy atom. The molecule has 0 radical (unpaired) electrons. The molecule has 0 aliphatic carbocycles. The Morgan fingerprint density at radius 3 is 2.31 bits per heavy atom. The number of rotatable bonds is 4. The van der Waals surface area contributed by atoms with E-state index in [1.807, 2.05) is 6.92 Å². The number of hydrogen-bond acceptors (Lipinski definition) is 5. The van der Waals surface area contributed by atoms with Crippen LogP contribution in [0.4, 0.5) is 4.39 Å². The third-order valence-corrected chi connectivity index (χ3v) is 5.91. The molecule has 1 heterocycles. The topological polar surface area (TPSA) is 76.0 Å². The second-order valence-electron chi connectivity index (χ2n) is 5.88. The molecule has 26 heavy (non-hydrogen) atoms. The molecule has 136 valence electrons. The molecule has 0 amide bonds. The van der Waals surface area contributed by atoms with Gasteiger partial charge in [-0.15, -0.1) is 0 Å². The monoisotopic (exact) mass is 376 g/mol. The zero-order valence-corrected chi connectivity index (χ0v) is 15.0. The van der Waals surface area contributed by atoms with Gasteiger partial charge in [-0.05, 0) is 36.8 Å². The molecule has 2 atom stereocenters. The van der Waals surface area contributed by atoms with Crippen molar-refractivity contribution in [2.75, 3.05) is 7.11 Å². The van der Waals surface area contributed by atoms with E-state index in [9.17, 15) is 17.6 Å². The third kappa shape index (κ3) is 3.20. The Hall–Kier alpha value is -2.74. The minimum atomic E-state index is -3.96. The van der Waals surface area contributed by atoms with Gasteiger partial charge in [-0.25, -0.2) is 21.9 Å². The minimum Gasteiger partial charge on any atom is -0.467 e. The molecule has 0 fully saturated rings. The van der Waals surface area contributed by atoms with Crippen LogP contribution >= 0.6 is 0 Å². The Bertz CT molecular complexity index is 940. The summed E-state index contributed by atoms with van der Waals surface area (Å²) in [6.45, 7) is 1.85. The first-order valence-corrected chi connectivity index (χ1v) is 9.25. The Morgan fingerprint density at radius 1 is 1.12 bits per heavy atom. The van der Waals surface area contributed by atoms with Crippen LogP contribution < -0.4 is 0 Å². The number of carbonyl (C=O) groups is 1. The van der Waals surface area contributed by atoms with Gasteiger partial charge in [0.15, 0.2) is 6.04 Å². The van der Waals surface area contributed by atoms with Crippen molar-refractivity contribution in [3.05, 3.63) is 65.5 Å². The van der Waals surface area contributed by atoms with Crippen LogP contribution in [0.1, 0.15) is 17.2 Å². The van der Waals surface area contributed by atoms with Crippen LogP contribution in [0.3, 0.4) is 0 Å². The Balaban J connectivity index is 2.06. The molecule has 0 saturated heterocycles. The molecule has 1 aliphatic heterocycles. The summed E-state index contributed by atoms with van der Waals surface area (Å²) in [5.74, 6) is -1.13. The van der Waals surface area contributed by atoms with Crippen LogP contribution in [0.25, 0.3) is 0 Å². The van der Waals surface area contributed by atoms with E-state index < -0.39 is 33.9 Å². The maximum atomic E-state index is 13.3. The first kappa shape index (κ1) is 18.1. The van der Waals surface area contributed by atoms with E-state index in [0.29, 0.717) is 5.56 Å². The van der Waals surface area contributed by atoms with Gasteiger partial charge in [0, 0.05) is 0 Å². The van der Waals surface area contributed by atoms with Crippen molar-refractivity contribution in [3.63, 3.8) is 0 Å². The van der Waals surface area contributed by atoms with Crippen LogP contribution in [0.2, 0.25) is 0 Å². The average molecular weight is 376 g/mol. The summed E-state index contributed by atoms with van der Waals surface area (Å²) in [4.78, 5) is 16.2. The van der Waals surface area contributed by atoms with E-state index in [0.717, 1.165) is 16.2 Å². The van der Waals surface area contributed by atoms with E-state index >= 15 is 0 Å². The van der Waals surface area contributed by atoms with Gasteiger partial charge in [-0.1, -0.05) is 29.8 Å². The van der Waals surface area contributed by atoms with Crippen molar-refractivity contribution in [2.24, 2.45) is 4.99 Å². The van der Waals surface area contributed by atoms with Gasteiger partial charge < -0.3 is 4.74 Å². The molecule has 1 aliphatic rings. The van der Waals surface area contributed by atoms with Gasteiger partial charge in [0.05, 0.1) is 12.0 Å². The third-order valence-electron chi connectivity index (χ3n) is 4.16. The predicted octanol–water partition coefficient (Wildman–Crippen LogP) is 2.45. The number of carbonyl (C=O) groups excluding carboxylic acids is 1. The zero-order valence-electron chi connectivity index (χ0n) is 14.2. The number of esters is 1. The number of nitrogens with zero attached hydrogens (tertiary/aromatic N) is 2. The molecule has 0 N–H and O–H groups in total. The number of benzene rings is 2. The van der Waals surface area contributed by atoms with Crippen LogP contribution in [-0.4, -0.2) is 38.2 Å². The Labute approximate surface area is 151 Å². The SMILES string of the molecule is COC(=O)C1N=CN(S(=O)(=O)c2ccc(C)cc2)C1c1ccc(F)cc1. The highest BCUT2D eigenvalue weighted by Gasteiger charge is 2.43. The van der Waals surface area contributed by atoms with Crippen LogP contribution in [0.5, 0.6) is 0 Å². The predicted molar refractivity (Wildman–Crippen MR) is 93.6 cm³/mol. The smallest absolute Gasteiger partial charge is 0.333 e. The summed E-state index contributed by atoms with van der Waals surface area (Å²) in [6, 6.07) is 9.62. The number of methoxy groups -OCH3 is 1. The molecule has 8 heteroatoms. The van der Waals surface area contributed by atoms with Gasteiger partial charge in [0.25, 0.3) is 10.0 Å². The largest absolute Gasteiger partial charge is 0.467 e. The van der Waals surface area contributed by atoms with Gasteiger partial charge in [0.2, 0.25) is 0 Å². The fraction of sp³-hybridized carbons (Fsp3) is 0.222. The maximum absolute atomic E-state index is 13.3. The summed E-state index contributed by atoms with van der Waals surface area (Å²) in [5.41, 5.74) is 1.36. The molecule has 6 nitrogen and oxygen atoms in total. The van der Waals surface area contributed by atoms with E-state index in [1.54, 1.807) is 12.1 Å². The van der Waals surface area contributed by atoms with Crippen molar-refractivity contribution < 1.29 is 22.3 Å². The van der Waals surface area contributed by atoms with Gasteiger partial charge in [-0.2, -0.15) is 0 Å². The molecule has 0 aromatic heterocycles. The molecular weight excluding hydrogens is 359 g/mol. The lowest BCUT2D eigenvalue weighted by atomic mass is 10.0. The highest BCUT2D eigenvalue weighted by Crippen LogP contribution is 2.35. The summed E-state index contributed by atoms with van der Waals surface area (Å²) in [6.07, 6.45) is 1.12. The lowest BCUT2D eigenvalue weighted by molar-refractivity contribution is -0.142. The van der Waals surface area contributed by atoms with Crippen molar-refractivity contribution in [3.8, 4) is 0 Å². The molecular formula is C18H17FN2O4S. The fourth-order valence-electron chi connectivity index (χ4n) is 2.77. The number of halogens is 1. The van der Waals surface area contributed by atoms with E-state index in [4.69, 9.17) is 4.74 Å². The second-order valence-corrected chi connectivity index (χ2v) is 7.72. The molecule has 2 aromatic rings. The number of aliphatic imine (C=N–C) groups is 1. The standard InChI is InChI=1S/C18H17FN2O4S/c1-12-3-9-15(10-4-12)26(23,24)21-11-20-16(18(22)25-2)17(21)13-5-7-14(19)8-6-13/h3-11,16-17H,1-2H3. The summed E-state index contributed by atoms with van der Waals surface area (Å²) >= 11 is 0. The van der Waals surface area contributed by atoms with Crippen molar-refractivity contribution >= 4 is 22.3 Å².